The normalized spacial score (nSPS) is 20.1. The average molecular weight is 384 g/mol. The van der Waals surface area contributed by atoms with Crippen LogP contribution in [0.1, 0.15) is 46.4 Å². The molecule has 8 heteroatoms. The molecule has 1 aromatic carbocycles. The summed E-state index contributed by atoms with van der Waals surface area (Å²) in [5.74, 6) is 0.844. The first kappa shape index (κ1) is 17.8. The van der Waals surface area contributed by atoms with Gasteiger partial charge in [0, 0.05) is 24.1 Å². The monoisotopic (exact) mass is 384 g/mol. The molecule has 0 radical (unpaired) electrons. The number of benzene rings is 1. The van der Waals surface area contributed by atoms with Crippen LogP contribution in [0.15, 0.2) is 40.9 Å². The first-order chi connectivity index (χ1) is 13.1. The molecule has 2 aromatic heterocycles. The van der Waals surface area contributed by atoms with Gasteiger partial charge in [-0.05, 0) is 25.7 Å². The fourth-order valence-electron chi connectivity index (χ4n) is 3.17. The van der Waals surface area contributed by atoms with Crippen LogP contribution in [0.5, 0.6) is 0 Å². The Labute approximate surface area is 160 Å². The topological polar surface area (TPSA) is 101 Å². The Hall–Kier alpha value is -2.58. The number of hydrogen-bond acceptors (Lipinski definition) is 7. The van der Waals surface area contributed by atoms with Gasteiger partial charge >= 0.3 is 0 Å². The van der Waals surface area contributed by atoms with Crippen molar-refractivity contribution in [2.75, 3.05) is 0 Å². The first-order valence-electron chi connectivity index (χ1n) is 8.92. The fraction of sp³-hybridized carbons (Fsp3) is 0.368. The fourth-order valence-corrected chi connectivity index (χ4v) is 4.06. The van der Waals surface area contributed by atoms with Gasteiger partial charge in [0.2, 0.25) is 0 Å². The zero-order valence-electron chi connectivity index (χ0n) is 14.8. The minimum absolute atomic E-state index is 0.142. The van der Waals surface area contributed by atoms with Crippen LogP contribution >= 0.6 is 11.3 Å². The summed E-state index contributed by atoms with van der Waals surface area (Å²) < 4.78 is 5.28. The number of carbonyl (C=O) groups excluding carboxylic acids is 1. The highest BCUT2D eigenvalue weighted by Crippen LogP contribution is 2.32. The zero-order valence-corrected chi connectivity index (χ0v) is 15.6. The molecule has 0 saturated heterocycles. The molecular formula is C19H20N4O3S. The van der Waals surface area contributed by atoms with Crippen molar-refractivity contribution < 1.29 is 14.4 Å². The molecule has 1 amide bonds. The third-order valence-corrected chi connectivity index (χ3v) is 5.79. The molecule has 4 rings (SSSR count). The standard InChI is InChI=1S/C19H20N4O3S/c1-11(24)19-22-21-17(27-19)9-12-7-14(8-12)20-18(25)15-10-16(26-23-15)13-5-3-2-4-6-13/h2-6,10-12,14,24H,7-9H2,1H3,(H,20,25)/t11-,12-,14+/m1/s1. The summed E-state index contributed by atoms with van der Waals surface area (Å²) in [6.45, 7) is 1.69. The minimum atomic E-state index is -0.576. The lowest BCUT2D eigenvalue weighted by molar-refractivity contribution is 0.0880. The molecule has 0 bridgehead atoms. The molecule has 1 atom stereocenters. The third kappa shape index (κ3) is 4.06. The molecule has 1 saturated carbocycles. The van der Waals surface area contributed by atoms with Crippen LogP contribution < -0.4 is 5.32 Å². The van der Waals surface area contributed by atoms with E-state index in [9.17, 15) is 9.90 Å². The molecule has 2 heterocycles. The van der Waals surface area contributed by atoms with Crippen LogP contribution in [0.2, 0.25) is 0 Å². The quantitative estimate of drug-likeness (QED) is 0.677. The number of hydrogen-bond donors (Lipinski definition) is 2. The van der Waals surface area contributed by atoms with Gasteiger partial charge in [-0.1, -0.05) is 46.8 Å². The number of nitrogens with zero attached hydrogens (tertiary/aromatic N) is 3. The van der Waals surface area contributed by atoms with Crippen molar-refractivity contribution in [1.29, 1.82) is 0 Å². The van der Waals surface area contributed by atoms with Gasteiger partial charge in [-0.2, -0.15) is 0 Å². The molecule has 2 N–H and O–H groups in total. The van der Waals surface area contributed by atoms with E-state index >= 15 is 0 Å². The maximum atomic E-state index is 12.4. The van der Waals surface area contributed by atoms with E-state index in [1.165, 1.54) is 11.3 Å². The second-order valence-corrected chi connectivity index (χ2v) is 7.96. The predicted octanol–water partition coefficient (Wildman–Crippen LogP) is 3.00. The number of amides is 1. The largest absolute Gasteiger partial charge is 0.386 e. The Bertz CT molecular complexity index is 916. The van der Waals surface area contributed by atoms with Crippen molar-refractivity contribution in [3.05, 3.63) is 52.1 Å². The third-order valence-electron chi connectivity index (χ3n) is 4.68. The number of aliphatic hydroxyl groups excluding tert-OH is 1. The molecular weight excluding hydrogens is 364 g/mol. The minimum Gasteiger partial charge on any atom is -0.386 e. The van der Waals surface area contributed by atoms with Gasteiger partial charge in [0.1, 0.15) is 16.1 Å². The van der Waals surface area contributed by atoms with Crippen LogP contribution in [0.25, 0.3) is 11.3 Å². The van der Waals surface area contributed by atoms with Gasteiger partial charge in [-0.3, -0.25) is 4.79 Å². The molecule has 1 aliphatic rings. The van der Waals surface area contributed by atoms with Gasteiger partial charge < -0.3 is 14.9 Å². The second-order valence-electron chi connectivity index (χ2n) is 6.86. The molecule has 27 heavy (non-hydrogen) atoms. The molecule has 1 fully saturated rings. The van der Waals surface area contributed by atoms with E-state index in [-0.39, 0.29) is 11.9 Å². The van der Waals surface area contributed by atoms with Gasteiger partial charge in [0.05, 0.1) is 0 Å². The Balaban J connectivity index is 1.27. The van der Waals surface area contributed by atoms with E-state index in [0.717, 1.165) is 29.8 Å². The lowest BCUT2D eigenvalue weighted by Gasteiger charge is -2.35. The summed E-state index contributed by atoms with van der Waals surface area (Å²) >= 11 is 1.45. The molecule has 3 aromatic rings. The summed E-state index contributed by atoms with van der Waals surface area (Å²) in [6, 6.07) is 11.4. The first-order valence-corrected chi connectivity index (χ1v) is 9.73. The highest BCUT2D eigenvalue weighted by atomic mass is 32.1. The lowest BCUT2D eigenvalue weighted by Crippen LogP contribution is -2.45. The van der Waals surface area contributed by atoms with Crippen LogP contribution in [0, 0.1) is 5.92 Å². The Morgan fingerprint density at radius 1 is 1.33 bits per heavy atom. The van der Waals surface area contributed by atoms with Gasteiger partial charge in [0.25, 0.3) is 5.91 Å². The second kappa shape index (κ2) is 7.58. The number of aliphatic hydroxyl groups is 1. The number of aromatic nitrogens is 3. The van der Waals surface area contributed by atoms with Crippen molar-refractivity contribution in [3.63, 3.8) is 0 Å². The molecule has 140 valence electrons. The van der Waals surface area contributed by atoms with Crippen LogP contribution in [0.4, 0.5) is 0 Å². The highest BCUT2D eigenvalue weighted by molar-refractivity contribution is 7.11. The Kier molecular flexibility index (Phi) is 5.00. The summed E-state index contributed by atoms with van der Waals surface area (Å²) in [6.07, 6.45) is 2.06. The summed E-state index contributed by atoms with van der Waals surface area (Å²) in [7, 11) is 0. The highest BCUT2D eigenvalue weighted by Gasteiger charge is 2.32. The Morgan fingerprint density at radius 2 is 2.11 bits per heavy atom. The predicted molar refractivity (Wildman–Crippen MR) is 100 cm³/mol. The van der Waals surface area contributed by atoms with Gasteiger partial charge in [-0.25, -0.2) is 0 Å². The van der Waals surface area contributed by atoms with Crippen molar-refractivity contribution in [2.24, 2.45) is 5.92 Å². The molecule has 0 spiro atoms. The van der Waals surface area contributed by atoms with Crippen LogP contribution in [0.3, 0.4) is 0 Å². The van der Waals surface area contributed by atoms with E-state index in [4.69, 9.17) is 4.52 Å². The van der Waals surface area contributed by atoms with Gasteiger partial charge in [0.15, 0.2) is 11.5 Å². The average Bonchev–Trinajstić information content (AvgIpc) is 3.30. The van der Waals surface area contributed by atoms with Crippen LogP contribution in [-0.4, -0.2) is 32.4 Å². The maximum absolute atomic E-state index is 12.4. The summed E-state index contributed by atoms with van der Waals surface area (Å²) in [5, 5.41) is 26.1. The van der Waals surface area contributed by atoms with Crippen molar-refractivity contribution in [3.8, 4) is 11.3 Å². The lowest BCUT2D eigenvalue weighted by atomic mass is 9.78. The Morgan fingerprint density at radius 3 is 2.81 bits per heavy atom. The molecule has 7 nitrogen and oxygen atoms in total. The maximum Gasteiger partial charge on any atom is 0.273 e. The van der Waals surface area contributed by atoms with Crippen LogP contribution in [-0.2, 0) is 6.42 Å². The molecule has 0 aliphatic heterocycles. The van der Waals surface area contributed by atoms with E-state index in [1.54, 1.807) is 13.0 Å². The molecule has 0 unspecified atom stereocenters. The number of rotatable bonds is 6. The van der Waals surface area contributed by atoms with E-state index in [0.29, 0.717) is 22.4 Å². The summed E-state index contributed by atoms with van der Waals surface area (Å²) in [5.41, 5.74) is 1.18. The summed E-state index contributed by atoms with van der Waals surface area (Å²) in [4.78, 5) is 12.4. The number of carbonyl (C=O) groups is 1. The SMILES string of the molecule is C[C@@H](O)c1nnc(C[C@H]2C[C@@H](NC(=O)c3cc(-c4ccccc4)on3)C2)s1. The van der Waals surface area contributed by atoms with Crippen molar-refractivity contribution >= 4 is 17.2 Å². The van der Waals surface area contributed by atoms with E-state index in [2.05, 4.69) is 20.7 Å². The molecule has 1 aliphatic carbocycles. The smallest absolute Gasteiger partial charge is 0.273 e. The van der Waals surface area contributed by atoms with E-state index < -0.39 is 6.10 Å². The van der Waals surface area contributed by atoms with Crippen molar-refractivity contribution in [2.45, 2.75) is 38.3 Å². The zero-order chi connectivity index (χ0) is 18.8. The van der Waals surface area contributed by atoms with Gasteiger partial charge in [-0.15, -0.1) is 10.2 Å². The van der Waals surface area contributed by atoms with E-state index in [1.807, 2.05) is 30.3 Å². The number of nitrogens with one attached hydrogen (secondary N) is 1. The van der Waals surface area contributed by atoms with Crippen molar-refractivity contribution in [1.82, 2.24) is 20.7 Å².